The van der Waals surface area contributed by atoms with Crippen LogP contribution in [-0.2, 0) is 13.7 Å². The normalized spacial score (nSPS) is 14.7. The Morgan fingerprint density at radius 3 is 0.857 bits per heavy atom. The van der Waals surface area contributed by atoms with Gasteiger partial charge < -0.3 is 14.7 Å². The maximum Gasteiger partial charge on any atom is 3.00 e. The minimum atomic E-state index is -2.17. The fourth-order valence-corrected chi connectivity index (χ4v) is 3.00. The van der Waals surface area contributed by atoms with E-state index in [1.54, 1.807) is 20.8 Å². The molecule has 0 aromatic carbocycles. The van der Waals surface area contributed by atoms with E-state index in [1.807, 2.05) is 0 Å². The van der Waals surface area contributed by atoms with Crippen molar-refractivity contribution < 1.29 is 28.4 Å². The first kappa shape index (κ1) is 36.1. The molecule has 0 aromatic heterocycles. The van der Waals surface area contributed by atoms with Gasteiger partial charge in [0.2, 0.25) is 0 Å². The maximum atomic E-state index is 10.2. The minimum absolute atomic E-state index is 0. The molecule has 0 spiro atoms. The molecule has 0 N–H and O–H groups in total. The fraction of sp³-hybridized carbons (Fsp3) is 1.00. The van der Waals surface area contributed by atoms with Gasteiger partial charge in [-0.25, -0.2) is 0 Å². The largest absolute Gasteiger partial charge is 3.00 e. The molecule has 0 amide bonds. The molecule has 0 saturated carbocycles. The van der Waals surface area contributed by atoms with Crippen molar-refractivity contribution in [2.24, 2.45) is 0 Å². The Balaban J connectivity index is -0.000000152. The van der Waals surface area contributed by atoms with Crippen LogP contribution in [0.2, 0.25) is 0 Å². The van der Waals surface area contributed by atoms with Gasteiger partial charge in [-0.15, -0.1) is 0 Å². The molecular weight excluding hydrogens is 432 g/mol. The summed E-state index contributed by atoms with van der Waals surface area (Å²) in [5.74, 6) is 0. The molecule has 0 aromatic rings. The van der Waals surface area contributed by atoms with Gasteiger partial charge in [-0.3, -0.25) is 0 Å². The van der Waals surface area contributed by atoms with Gasteiger partial charge in [-0.05, 0) is 59.3 Å². The van der Waals surface area contributed by atoms with Crippen molar-refractivity contribution in [1.82, 2.24) is 0 Å². The predicted octanol–water partition coefficient (Wildman–Crippen LogP) is 4.62. The molecule has 6 atom stereocenters. The zero-order valence-electron chi connectivity index (χ0n) is 18.5. The Morgan fingerprint density at radius 2 is 0.750 bits per heavy atom. The third-order valence-corrected chi connectivity index (χ3v) is 6.94. The van der Waals surface area contributed by atoms with Crippen LogP contribution in [0, 0.1) is 0 Å². The molecule has 0 rings (SSSR count). The standard InChI is InChI=1S/3C6H13O2P.Al/c3*1-3-4-5-6(2)9(7)8;/h3*6H,3-5H2,1-2H3;/q;;;+3. The Morgan fingerprint density at radius 1 is 0.571 bits per heavy atom. The van der Waals surface area contributed by atoms with Gasteiger partial charge in [0.1, 0.15) is 17.0 Å². The number of hydrogen-bond acceptors (Lipinski definition) is 6. The molecule has 6 nitrogen and oxygen atoms in total. The molecule has 6 unspecified atom stereocenters. The number of rotatable bonds is 12. The summed E-state index contributed by atoms with van der Waals surface area (Å²) in [6.45, 7) is 11.4. The van der Waals surface area contributed by atoms with Gasteiger partial charge >= 0.3 is 41.4 Å². The van der Waals surface area contributed by atoms with Crippen molar-refractivity contribution >= 4 is 41.4 Å². The number of unbranched alkanes of at least 4 members (excludes halogenated alkanes) is 3. The molecule has 28 heavy (non-hydrogen) atoms. The van der Waals surface area contributed by atoms with E-state index in [4.69, 9.17) is 0 Å². The summed E-state index contributed by atoms with van der Waals surface area (Å²) < 4.78 is 30.7. The monoisotopic (exact) mass is 471 g/mol. The summed E-state index contributed by atoms with van der Waals surface area (Å²) in [5.41, 5.74) is -0.375. The van der Waals surface area contributed by atoms with E-state index in [1.165, 1.54) is 0 Å². The quantitative estimate of drug-likeness (QED) is 0.302. The molecule has 0 heterocycles. The van der Waals surface area contributed by atoms with E-state index >= 15 is 0 Å². The second-order valence-corrected chi connectivity index (χ2v) is 11.2. The van der Waals surface area contributed by atoms with Crippen LogP contribution in [-0.4, -0.2) is 34.3 Å². The summed E-state index contributed by atoms with van der Waals surface area (Å²) in [5, 5.41) is 0. The van der Waals surface area contributed by atoms with E-state index in [-0.39, 0.29) is 34.3 Å². The summed E-state index contributed by atoms with van der Waals surface area (Å²) >= 11 is 0. The summed E-state index contributed by atoms with van der Waals surface area (Å²) in [4.78, 5) is 30.7. The van der Waals surface area contributed by atoms with E-state index in [0.29, 0.717) is 0 Å². The van der Waals surface area contributed by atoms with Crippen molar-refractivity contribution in [3.8, 4) is 0 Å². The SMILES string of the molecule is CCCCC(C)[P+](=O)[O-].CCCCC(C)[P+](=O)[O-].CCCCC(C)[P+](=O)[O-].[Al+3]. The van der Waals surface area contributed by atoms with Gasteiger partial charge in [0, 0.05) is 0 Å². The van der Waals surface area contributed by atoms with Crippen molar-refractivity contribution in [2.45, 2.75) is 116 Å². The van der Waals surface area contributed by atoms with Gasteiger partial charge in [0.15, 0.2) is 0 Å². The minimum Gasteiger partial charge on any atom is -0.595 e. The molecule has 10 heteroatoms. The van der Waals surface area contributed by atoms with Crippen LogP contribution in [0.3, 0.4) is 0 Å². The summed E-state index contributed by atoms with van der Waals surface area (Å²) in [6.07, 6.45) is 8.73. The Bertz CT molecular complexity index is 342. The predicted molar refractivity (Wildman–Crippen MR) is 116 cm³/mol. The van der Waals surface area contributed by atoms with Crippen molar-refractivity contribution in [3.63, 3.8) is 0 Å². The average molecular weight is 471 g/mol. The van der Waals surface area contributed by atoms with Gasteiger partial charge in [-0.2, -0.15) is 0 Å². The van der Waals surface area contributed by atoms with Crippen LogP contribution < -0.4 is 14.7 Å². The van der Waals surface area contributed by atoms with E-state index in [2.05, 4.69) is 20.8 Å². The summed E-state index contributed by atoms with van der Waals surface area (Å²) in [6, 6.07) is 0. The molecule has 0 fully saturated rings. The topological polar surface area (TPSA) is 120 Å². The third-order valence-electron chi connectivity index (χ3n) is 4.01. The molecule has 0 radical (unpaired) electrons. The Labute approximate surface area is 186 Å². The molecule has 0 aliphatic carbocycles. The molecule has 162 valence electrons. The Hall–Kier alpha value is 0.712. The van der Waals surface area contributed by atoms with Crippen molar-refractivity contribution in [2.75, 3.05) is 0 Å². The second kappa shape index (κ2) is 25.7. The maximum absolute atomic E-state index is 10.2. The van der Waals surface area contributed by atoms with Gasteiger partial charge in [0.05, 0.1) is 0 Å². The van der Waals surface area contributed by atoms with Crippen LogP contribution in [0.5, 0.6) is 0 Å². The zero-order valence-corrected chi connectivity index (χ0v) is 22.3. The van der Waals surface area contributed by atoms with Crippen molar-refractivity contribution in [1.29, 1.82) is 0 Å². The molecular formula is C18H39AlO6P3+3. The zero-order chi connectivity index (χ0) is 21.8. The van der Waals surface area contributed by atoms with E-state index in [9.17, 15) is 28.4 Å². The van der Waals surface area contributed by atoms with E-state index in [0.717, 1.165) is 57.8 Å². The van der Waals surface area contributed by atoms with Crippen LogP contribution in [0.15, 0.2) is 0 Å². The van der Waals surface area contributed by atoms with Gasteiger partial charge in [-0.1, -0.05) is 53.7 Å². The first-order valence-electron chi connectivity index (χ1n) is 9.95. The first-order valence-corrected chi connectivity index (χ1v) is 13.7. The van der Waals surface area contributed by atoms with Crippen molar-refractivity contribution in [3.05, 3.63) is 0 Å². The van der Waals surface area contributed by atoms with E-state index < -0.39 is 24.1 Å². The molecule has 0 saturated heterocycles. The second-order valence-electron chi connectivity index (χ2n) is 6.83. The number of hydrogen-bond donors (Lipinski definition) is 0. The van der Waals surface area contributed by atoms with Crippen LogP contribution in [0.4, 0.5) is 0 Å². The smallest absolute Gasteiger partial charge is 0.595 e. The van der Waals surface area contributed by atoms with Crippen LogP contribution >= 0.6 is 24.1 Å². The molecule has 0 aliphatic heterocycles. The van der Waals surface area contributed by atoms with Crippen LogP contribution in [0.1, 0.15) is 99.3 Å². The fourth-order valence-electron chi connectivity index (χ4n) is 1.81. The van der Waals surface area contributed by atoms with Gasteiger partial charge in [0.25, 0.3) is 0 Å². The summed E-state index contributed by atoms with van der Waals surface area (Å²) in [7, 11) is -6.52. The first-order chi connectivity index (χ1) is 12.5. The molecule has 0 aliphatic rings. The molecule has 0 bridgehead atoms. The third kappa shape index (κ3) is 28.9. The Kier molecular flexibility index (Phi) is 33.2. The van der Waals surface area contributed by atoms with Crippen LogP contribution in [0.25, 0.3) is 0 Å². The average Bonchev–Trinajstić information content (AvgIpc) is 2.62.